The molecule has 196 valence electrons. The predicted molar refractivity (Wildman–Crippen MR) is 140 cm³/mol. The molecule has 0 saturated carbocycles. The highest BCUT2D eigenvalue weighted by Gasteiger charge is 2.26. The fourth-order valence-electron chi connectivity index (χ4n) is 3.46. The number of nitrogens with one attached hydrogen (secondary N) is 2. The summed E-state index contributed by atoms with van der Waals surface area (Å²) in [6, 6.07) is 21.7. The smallest absolute Gasteiger partial charge is 0.339 e. The first-order valence-electron chi connectivity index (χ1n) is 11.3. The van der Waals surface area contributed by atoms with Gasteiger partial charge in [0.05, 0.1) is 35.4 Å². The molecule has 2 N–H and O–H groups in total. The Hall–Kier alpha value is -4.12. The molecule has 9 nitrogen and oxygen atoms in total. The third-order valence-electron chi connectivity index (χ3n) is 5.40. The van der Waals surface area contributed by atoms with E-state index in [9.17, 15) is 18.0 Å². The lowest BCUT2D eigenvalue weighted by atomic mass is 10.1. The van der Waals surface area contributed by atoms with E-state index in [1.807, 2.05) is 0 Å². The molecule has 1 heterocycles. The molecular weight excluding hydrogens is 532 g/mol. The van der Waals surface area contributed by atoms with E-state index in [0.717, 1.165) is 0 Å². The van der Waals surface area contributed by atoms with Gasteiger partial charge in [0.25, 0.3) is 5.91 Å². The lowest BCUT2D eigenvalue weighted by Gasteiger charge is -2.18. The van der Waals surface area contributed by atoms with Crippen molar-refractivity contribution in [3.05, 3.63) is 113 Å². The number of halogens is 1. The highest BCUT2D eigenvalue weighted by atomic mass is 35.5. The second-order valence-electron chi connectivity index (χ2n) is 7.96. The molecule has 0 radical (unpaired) electrons. The van der Waals surface area contributed by atoms with Gasteiger partial charge in [-0.25, -0.2) is 17.9 Å². The Kier molecular flexibility index (Phi) is 8.47. The van der Waals surface area contributed by atoms with Crippen LogP contribution in [0.15, 0.2) is 101 Å². The van der Waals surface area contributed by atoms with Crippen molar-refractivity contribution in [2.45, 2.75) is 17.5 Å². The number of carbonyl (C=O) groups excluding carboxylic acids is 2. The summed E-state index contributed by atoms with van der Waals surface area (Å²) in [6.07, 6.45) is 0.155. The monoisotopic (exact) mass is 554 g/mol. The van der Waals surface area contributed by atoms with Crippen LogP contribution in [0.2, 0.25) is 5.02 Å². The molecule has 0 aliphatic carbocycles. The van der Waals surface area contributed by atoms with Crippen LogP contribution in [0.25, 0.3) is 0 Å². The van der Waals surface area contributed by atoms with Gasteiger partial charge >= 0.3 is 5.97 Å². The van der Waals surface area contributed by atoms with Gasteiger partial charge < -0.3 is 19.2 Å². The Morgan fingerprint density at radius 2 is 1.71 bits per heavy atom. The van der Waals surface area contributed by atoms with Gasteiger partial charge in [-0.1, -0.05) is 41.9 Å². The summed E-state index contributed by atoms with van der Waals surface area (Å²) in [5, 5.41) is 2.99. The summed E-state index contributed by atoms with van der Waals surface area (Å²) in [5.74, 6) is -0.519. The van der Waals surface area contributed by atoms with Gasteiger partial charge in [0, 0.05) is 11.3 Å². The zero-order valence-corrected chi connectivity index (χ0v) is 21.7. The largest absolute Gasteiger partial charge is 0.495 e. The number of benzene rings is 3. The van der Waals surface area contributed by atoms with E-state index >= 15 is 0 Å². The van der Waals surface area contributed by atoms with Crippen LogP contribution in [0.1, 0.15) is 27.8 Å². The van der Waals surface area contributed by atoms with Gasteiger partial charge in [0.1, 0.15) is 11.5 Å². The van der Waals surface area contributed by atoms with E-state index in [2.05, 4.69) is 10.0 Å². The fraction of sp³-hybridized carbons (Fsp3) is 0.111. The second kappa shape index (κ2) is 12.0. The molecule has 0 saturated heterocycles. The first-order chi connectivity index (χ1) is 18.3. The lowest BCUT2D eigenvalue weighted by Crippen LogP contribution is -2.26. The SMILES string of the molecule is COc1ccc(NC(=O)[C@H](OC(=O)c2ccc(S(=O)(=O)NCc3ccco3)cc2)c2ccccc2)cc1Cl. The predicted octanol–water partition coefficient (Wildman–Crippen LogP) is 4.96. The van der Waals surface area contributed by atoms with Crippen LogP contribution in [-0.4, -0.2) is 27.4 Å². The van der Waals surface area contributed by atoms with Crippen LogP contribution in [0.3, 0.4) is 0 Å². The number of hydrogen-bond donors (Lipinski definition) is 2. The zero-order valence-electron chi connectivity index (χ0n) is 20.1. The second-order valence-corrected chi connectivity index (χ2v) is 10.1. The van der Waals surface area contributed by atoms with E-state index in [-0.39, 0.29) is 17.0 Å². The number of amides is 1. The molecule has 0 bridgehead atoms. The third kappa shape index (κ3) is 6.60. The first-order valence-corrected chi connectivity index (χ1v) is 13.2. The van der Waals surface area contributed by atoms with E-state index in [1.54, 1.807) is 54.6 Å². The summed E-state index contributed by atoms with van der Waals surface area (Å²) < 4.78 is 43.4. The molecule has 38 heavy (non-hydrogen) atoms. The molecule has 0 unspecified atom stereocenters. The molecule has 1 amide bonds. The van der Waals surface area contributed by atoms with Crippen LogP contribution in [0.5, 0.6) is 5.75 Å². The molecule has 1 atom stereocenters. The number of esters is 1. The van der Waals surface area contributed by atoms with Crippen molar-refractivity contribution in [1.29, 1.82) is 0 Å². The molecular formula is C27H23ClN2O7S. The highest BCUT2D eigenvalue weighted by molar-refractivity contribution is 7.89. The highest BCUT2D eigenvalue weighted by Crippen LogP contribution is 2.28. The molecule has 4 aromatic rings. The van der Waals surface area contributed by atoms with E-state index < -0.39 is 28.0 Å². The van der Waals surface area contributed by atoms with Gasteiger partial charge in [-0.2, -0.15) is 0 Å². The molecule has 11 heteroatoms. The van der Waals surface area contributed by atoms with Crippen LogP contribution in [0, 0.1) is 0 Å². The Balaban J connectivity index is 1.49. The minimum Gasteiger partial charge on any atom is -0.495 e. The summed E-state index contributed by atoms with van der Waals surface area (Å²) in [7, 11) is -2.37. The van der Waals surface area contributed by atoms with Gasteiger partial charge in [-0.05, 0) is 54.6 Å². The van der Waals surface area contributed by atoms with Crippen molar-refractivity contribution >= 4 is 39.2 Å². The van der Waals surface area contributed by atoms with Crippen LogP contribution in [0.4, 0.5) is 5.69 Å². The van der Waals surface area contributed by atoms with E-state index in [1.165, 1.54) is 43.7 Å². The molecule has 0 aliphatic heterocycles. The standard InChI is InChI=1S/C27H23ClN2O7S/c1-35-24-14-11-20(16-23(24)28)30-26(31)25(18-6-3-2-4-7-18)37-27(32)19-9-12-22(13-10-19)38(33,34)29-17-21-8-5-15-36-21/h2-16,25,29H,17H2,1H3,(H,30,31)/t25-/m1/s1. The van der Waals surface area contributed by atoms with Gasteiger partial charge in [0.15, 0.2) is 0 Å². The Labute approximate surface area is 224 Å². The van der Waals surface area contributed by atoms with Crippen molar-refractivity contribution in [2.24, 2.45) is 0 Å². The topological polar surface area (TPSA) is 124 Å². The minimum absolute atomic E-state index is 0.0214. The van der Waals surface area contributed by atoms with Gasteiger partial charge in [-0.3, -0.25) is 4.79 Å². The van der Waals surface area contributed by atoms with Crippen molar-refractivity contribution in [1.82, 2.24) is 4.72 Å². The number of rotatable bonds is 10. The van der Waals surface area contributed by atoms with Gasteiger partial charge in [-0.15, -0.1) is 0 Å². The van der Waals surface area contributed by atoms with Gasteiger partial charge in [0.2, 0.25) is 16.1 Å². The number of methoxy groups -OCH3 is 1. The minimum atomic E-state index is -3.85. The number of furan rings is 1. The van der Waals surface area contributed by atoms with E-state index in [0.29, 0.717) is 27.8 Å². The van der Waals surface area contributed by atoms with Crippen LogP contribution < -0.4 is 14.8 Å². The fourth-order valence-corrected chi connectivity index (χ4v) is 4.71. The van der Waals surface area contributed by atoms with Crippen molar-refractivity contribution < 1.29 is 31.9 Å². The maximum absolute atomic E-state index is 13.1. The third-order valence-corrected chi connectivity index (χ3v) is 7.11. The molecule has 3 aromatic carbocycles. The molecule has 1 aromatic heterocycles. The molecule has 0 spiro atoms. The maximum atomic E-state index is 13.1. The number of sulfonamides is 1. The van der Waals surface area contributed by atoms with Crippen molar-refractivity contribution in [2.75, 3.05) is 12.4 Å². The van der Waals surface area contributed by atoms with Crippen molar-refractivity contribution in [3.8, 4) is 5.75 Å². The number of carbonyl (C=O) groups is 2. The average Bonchev–Trinajstić information content (AvgIpc) is 3.45. The Morgan fingerprint density at radius 1 is 0.974 bits per heavy atom. The van der Waals surface area contributed by atoms with E-state index in [4.69, 9.17) is 25.5 Å². The first kappa shape index (κ1) is 26.9. The normalized spacial score (nSPS) is 11.9. The summed E-state index contributed by atoms with van der Waals surface area (Å²) in [5.41, 5.74) is 0.893. The number of anilines is 1. The summed E-state index contributed by atoms with van der Waals surface area (Å²) >= 11 is 6.15. The average molecular weight is 555 g/mol. The summed E-state index contributed by atoms with van der Waals surface area (Å²) in [6.45, 7) is -0.0214. The van der Waals surface area contributed by atoms with Crippen LogP contribution >= 0.6 is 11.6 Å². The quantitative estimate of drug-likeness (QED) is 0.266. The van der Waals surface area contributed by atoms with Crippen LogP contribution in [-0.2, 0) is 26.1 Å². The lowest BCUT2D eigenvalue weighted by molar-refractivity contribution is -0.125. The molecule has 0 fully saturated rings. The molecule has 0 aliphatic rings. The Bertz CT molecular complexity index is 1510. The zero-order chi connectivity index (χ0) is 27.1. The maximum Gasteiger partial charge on any atom is 0.339 e. The summed E-state index contributed by atoms with van der Waals surface area (Å²) in [4.78, 5) is 26.0. The molecule has 4 rings (SSSR count). The number of hydrogen-bond acceptors (Lipinski definition) is 7. The Morgan fingerprint density at radius 3 is 2.34 bits per heavy atom. The number of ether oxygens (including phenoxy) is 2. The van der Waals surface area contributed by atoms with Crippen molar-refractivity contribution in [3.63, 3.8) is 0 Å².